The summed E-state index contributed by atoms with van der Waals surface area (Å²) in [4.78, 5) is 17.1. The number of nitrogens with zero attached hydrogens (tertiary/aromatic N) is 2. The Morgan fingerprint density at radius 1 is 1.14 bits per heavy atom. The third kappa shape index (κ3) is 4.29. The normalized spacial score (nSPS) is 18.4. The summed E-state index contributed by atoms with van der Waals surface area (Å²) in [7, 11) is 0. The highest BCUT2D eigenvalue weighted by Gasteiger charge is 2.31. The molecule has 21 heavy (non-hydrogen) atoms. The van der Waals surface area contributed by atoms with Crippen molar-refractivity contribution in [2.75, 3.05) is 39.3 Å². The van der Waals surface area contributed by atoms with Crippen LogP contribution >= 0.6 is 0 Å². The molecule has 0 N–H and O–H groups in total. The molecule has 1 heterocycles. The van der Waals surface area contributed by atoms with Gasteiger partial charge in [-0.05, 0) is 25.5 Å². The molecular weight excluding hydrogens is 264 g/mol. The van der Waals surface area contributed by atoms with Crippen molar-refractivity contribution in [2.45, 2.75) is 26.3 Å². The summed E-state index contributed by atoms with van der Waals surface area (Å²) in [6.45, 7) is 9.52. The Hall–Kier alpha value is -1.39. The van der Waals surface area contributed by atoms with Crippen LogP contribution in [-0.4, -0.2) is 55.1 Å². The van der Waals surface area contributed by atoms with E-state index in [1.165, 1.54) is 6.42 Å². The predicted octanol–water partition coefficient (Wildman–Crippen LogP) is 2.32. The zero-order valence-electron chi connectivity index (χ0n) is 13.1. The minimum absolute atomic E-state index is 0.132. The molecular formula is C17H26N2O2. The Balaban J connectivity index is 2.08. The van der Waals surface area contributed by atoms with Crippen molar-refractivity contribution in [3.8, 4) is 0 Å². The fraction of sp³-hybridized carbons (Fsp3) is 0.588. The van der Waals surface area contributed by atoms with E-state index in [-0.39, 0.29) is 12.0 Å². The van der Waals surface area contributed by atoms with Gasteiger partial charge in [-0.25, -0.2) is 4.79 Å². The Morgan fingerprint density at radius 3 is 2.38 bits per heavy atom. The Labute approximate surface area is 127 Å². The molecule has 1 aromatic rings. The molecule has 1 fully saturated rings. The molecule has 1 aliphatic rings. The lowest BCUT2D eigenvalue weighted by molar-refractivity contribution is -0.150. The molecule has 0 bridgehead atoms. The molecule has 0 spiro atoms. The lowest BCUT2D eigenvalue weighted by Crippen LogP contribution is -2.49. The zero-order chi connectivity index (χ0) is 15.1. The van der Waals surface area contributed by atoms with E-state index in [0.717, 1.165) is 38.3 Å². The molecule has 0 radical (unpaired) electrons. The van der Waals surface area contributed by atoms with E-state index in [9.17, 15) is 4.79 Å². The second kappa shape index (κ2) is 8.15. The molecule has 4 heteroatoms. The topological polar surface area (TPSA) is 32.8 Å². The molecule has 0 aliphatic carbocycles. The number of esters is 1. The van der Waals surface area contributed by atoms with E-state index in [2.05, 4.69) is 16.7 Å². The fourth-order valence-corrected chi connectivity index (χ4v) is 2.91. The summed E-state index contributed by atoms with van der Waals surface area (Å²) in [5.74, 6) is -0.132. The Morgan fingerprint density at radius 2 is 1.81 bits per heavy atom. The number of carbonyl (C=O) groups is 1. The number of benzene rings is 1. The number of carbonyl (C=O) groups excluding carboxylic acids is 1. The van der Waals surface area contributed by atoms with Gasteiger partial charge in [-0.3, -0.25) is 4.90 Å². The van der Waals surface area contributed by atoms with Gasteiger partial charge in [0, 0.05) is 26.2 Å². The number of piperazine rings is 1. The highest BCUT2D eigenvalue weighted by Crippen LogP contribution is 2.23. The lowest BCUT2D eigenvalue weighted by Gasteiger charge is -2.38. The standard InChI is InChI=1S/C17H26N2O2/c1-3-10-18-11-13-19(14-12-18)16(17(20)21-4-2)15-8-6-5-7-9-15/h5-9,16H,3-4,10-14H2,1-2H3. The van der Waals surface area contributed by atoms with Crippen LogP contribution in [0.2, 0.25) is 0 Å². The van der Waals surface area contributed by atoms with Crippen LogP contribution in [0.3, 0.4) is 0 Å². The summed E-state index contributed by atoms with van der Waals surface area (Å²) < 4.78 is 5.29. The maximum Gasteiger partial charge on any atom is 0.328 e. The van der Waals surface area contributed by atoms with Gasteiger partial charge in [0.1, 0.15) is 6.04 Å². The first-order valence-corrected chi connectivity index (χ1v) is 7.94. The minimum atomic E-state index is -0.269. The third-order valence-corrected chi connectivity index (χ3v) is 3.94. The molecule has 0 aromatic heterocycles. The van der Waals surface area contributed by atoms with E-state index in [4.69, 9.17) is 4.74 Å². The van der Waals surface area contributed by atoms with Crippen molar-refractivity contribution in [3.05, 3.63) is 35.9 Å². The van der Waals surface area contributed by atoms with Crippen LogP contribution in [0.4, 0.5) is 0 Å². The average molecular weight is 290 g/mol. The van der Waals surface area contributed by atoms with Gasteiger partial charge in [0.15, 0.2) is 0 Å². The van der Waals surface area contributed by atoms with Gasteiger partial charge in [-0.15, -0.1) is 0 Å². The first kappa shape index (κ1) is 16.0. The number of ether oxygens (including phenoxy) is 1. The molecule has 1 aromatic carbocycles. The van der Waals surface area contributed by atoms with Crippen molar-refractivity contribution in [3.63, 3.8) is 0 Å². The summed E-state index contributed by atoms with van der Waals surface area (Å²) in [6.07, 6.45) is 1.18. The molecule has 0 amide bonds. The maximum absolute atomic E-state index is 12.4. The molecule has 116 valence electrons. The van der Waals surface area contributed by atoms with E-state index in [0.29, 0.717) is 6.61 Å². The van der Waals surface area contributed by atoms with Crippen LogP contribution in [0.5, 0.6) is 0 Å². The summed E-state index contributed by atoms with van der Waals surface area (Å²) in [5.41, 5.74) is 1.03. The minimum Gasteiger partial charge on any atom is -0.465 e. The summed E-state index contributed by atoms with van der Waals surface area (Å²) >= 11 is 0. The van der Waals surface area contributed by atoms with Crippen LogP contribution in [-0.2, 0) is 9.53 Å². The quantitative estimate of drug-likeness (QED) is 0.753. The SMILES string of the molecule is CCCN1CCN(C(C(=O)OCC)c2ccccc2)CC1. The smallest absolute Gasteiger partial charge is 0.328 e. The van der Waals surface area contributed by atoms with E-state index >= 15 is 0 Å². The monoisotopic (exact) mass is 290 g/mol. The summed E-state index contributed by atoms with van der Waals surface area (Å²) in [5, 5.41) is 0. The van der Waals surface area contributed by atoms with Crippen molar-refractivity contribution >= 4 is 5.97 Å². The van der Waals surface area contributed by atoms with Crippen molar-refractivity contribution in [1.29, 1.82) is 0 Å². The van der Waals surface area contributed by atoms with Gasteiger partial charge >= 0.3 is 5.97 Å². The van der Waals surface area contributed by atoms with Gasteiger partial charge in [0.25, 0.3) is 0 Å². The van der Waals surface area contributed by atoms with E-state index in [1.54, 1.807) is 0 Å². The molecule has 1 aliphatic heterocycles. The van der Waals surface area contributed by atoms with Crippen LogP contribution < -0.4 is 0 Å². The second-order valence-electron chi connectivity index (χ2n) is 5.44. The van der Waals surface area contributed by atoms with Crippen LogP contribution in [0.15, 0.2) is 30.3 Å². The van der Waals surface area contributed by atoms with Crippen LogP contribution in [0, 0.1) is 0 Å². The Bertz CT molecular complexity index is 428. The van der Waals surface area contributed by atoms with Crippen LogP contribution in [0.1, 0.15) is 31.9 Å². The van der Waals surface area contributed by atoms with Crippen LogP contribution in [0.25, 0.3) is 0 Å². The van der Waals surface area contributed by atoms with Crippen molar-refractivity contribution in [1.82, 2.24) is 9.80 Å². The van der Waals surface area contributed by atoms with Gasteiger partial charge in [0.05, 0.1) is 6.61 Å². The third-order valence-electron chi connectivity index (χ3n) is 3.94. The number of hydrogen-bond donors (Lipinski definition) is 0. The average Bonchev–Trinajstić information content (AvgIpc) is 2.51. The lowest BCUT2D eigenvalue weighted by atomic mass is 10.0. The molecule has 4 nitrogen and oxygen atoms in total. The number of hydrogen-bond acceptors (Lipinski definition) is 4. The van der Waals surface area contributed by atoms with Gasteiger partial charge in [0.2, 0.25) is 0 Å². The van der Waals surface area contributed by atoms with E-state index in [1.807, 2.05) is 37.3 Å². The highest BCUT2D eigenvalue weighted by atomic mass is 16.5. The van der Waals surface area contributed by atoms with Gasteiger partial charge in [-0.1, -0.05) is 37.3 Å². The Kier molecular flexibility index (Phi) is 6.21. The second-order valence-corrected chi connectivity index (χ2v) is 5.44. The molecule has 1 saturated heterocycles. The van der Waals surface area contributed by atoms with E-state index < -0.39 is 0 Å². The summed E-state index contributed by atoms with van der Waals surface area (Å²) in [6, 6.07) is 9.70. The molecule has 2 rings (SSSR count). The maximum atomic E-state index is 12.4. The zero-order valence-corrected chi connectivity index (χ0v) is 13.1. The van der Waals surface area contributed by atoms with Gasteiger partial charge in [-0.2, -0.15) is 0 Å². The first-order valence-electron chi connectivity index (χ1n) is 7.94. The molecule has 1 unspecified atom stereocenters. The number of rotatable bonds is 6. The molecule has 0 saturated carbocycles. The molecule has 1 atom stereocenters. The predicted molar refractivity (Wildman–Crippen MR) is 84.1 cm³/mol. The van der Waals surface area contributed by atoms with Gasteiger partial charge < -0.3 is 9.64 Å². The first-order chi connectivity index (χ1) is 10.3. The fourth-order valence-electron chi connectivity index (χ4n) is 2.91. The van der Waals surface area contributed by atoms with Crippen molar-refractivity contribution < 1.29 is 9.53 Å². The van der Waals surface area contributed by atoms with Crippen molar-refractivity contribution in [2.24, 2.45) is 0 Å². The largest absolute Gasteiger partial charge is 0.465 e. The highest BCUT2D eigenvalue weighted by molar-refractivity contribution is 5.77.